The summed E-state index contributed by atoms with van der Waals surface area (Å²) in [6.07, 6.45) is 2.95. The van der Waals surface area contributed by atoms with E-state index < -0.39 is 5.91 Å². The summed E-state index contributed by atoms with van der Waals surface area (Å²) in [7, 11) is 0. The molecule has 3 heterocycles. The van der Waals surface area contributed by atoms with E-state index in [0.29, 0.717) is 47.3 Å². The van der Waals surface area contributed by atoms with Gasteiger partial charge in [-0.1, -0.05) is 12.1 Å². The molecule has 0 aliphatic carbocycles. The number of fused-ring (bicyclic) bond motifs is 1. The van der Waals surface area contributed by atoms with Gasteiger partial charge in [-0.15, -0.1) is 0 Å². The zero-order valence-electron chi connectivity index (χ0n) is 16.5. The van der Waals surface area contributed by atoms with Crippen LogP contribution >= 0.6 is 0 Å². The Bertz CT molecular complexity index is 1230. The summed E-state index contributed by atoms with van der Waals surface area (Å²) in [4.78, 5) is 32.6. The second-order valence-electron chi connectivity index (χ2n) is 6.49. The predicted molar refractivity (Wildman–Crippen MR) is 112 cm³/mol. The molecule has 1 amide bonds. The highest BCUT2D eigenvalue weighted by molar-refractivity contribution is 5.89. The number of aromatic nitrogens is 5. The maximum Gasteiger partial charge on any atom is 0.286 e. The molecule has 0 spiro atoms. The number of primary amides is 1. The van der Waals surface area contributed by atoms with E-state index >= 15 is 0 Å². The highest BCUT2D eigenvalue weighted by atomic mass is 19.1. The Morgan fingerprint density at radius 3 is 2.48 bits per heavy atom. The van der Waals surface area contributed by atoms with E-state index in [1.54, 1.807) is 24.3 Å². The number of hydrogen-bond acceptors (Lipinski definition) is 8. The molecule has 4 rings (SSSR count). The molecular weight excluding hydrogens is 401 g/mol. The number of pyridine rings is 1. The summed E-state index contributed by atoms with van der Waals surface area (Å²) in [6.45, 7) is 2.66. The van der Waals surface area contributed by atoms with Gasteiger partial charge >= 0.3 is 0 Å². The van der Waals surface area contributed by atoms with Crippen LogP contribution in [-0.4, -0.2) is 37.4 Å². The van der Waals surface area contributed by atoms with Crippen molar-refractivity contribution in [1.82, 2.24) is 24.9 Å². The van der Waals surface area contributed by atoms with E-state index in [1.807, 2.05) is 6.92 Å². The molecule has 0 saturated heterocycles. The molecule has 3 aromatic heterocycles. The molecule has 0 fully saturated rings. The quantitative estimate of drug-likeness (QED) is 0.468. The van der Waals surface area contributed by atoms with Crippen LogP contribution in [0.25, 0.3) is 22.3 Å². The number of anilines is 1. The second-order valence-corrected chi connectivity index (χ2v) is 6.49. The van der Waals surface area contributed by atoms with Crippen LogP contribution in [0.15, 0.2) is 48.8 Å². The number of nitrogens with zero attached hydrogens (tertiary/aromatic N) is 5. The number of carbonyl (C=O) groups is 1. The predicted octanol–water partition coefficient (Wildman–Crippen LogP) is 2.73. The first-order valence-electron chi connectivity index (χ1n) is 9.45. The Morgan fingerprint density at radius 1 is 1.06 bits per heavy atom. The van der Waals surface area contributed by atoms with E-state index in [9.17, 15) is 9.18 Å². The van der Waals surface area contributed by atoms with Crippen molar-refractivity contribution < 1.29 is 13.9 Å². The number of ether oxygens (including phenoxy) is 1. The standard InChI is InChI=1S/C21H18FN7O2/c1-2-31-20-17-16(28-21(29-20)26-9-12-3-5-14(22)6-4-12)8-7-15(27-17)13-10-24-19(18(23)30)25-11-13/h3-8,10-11H,2,9H2,1H3,(H2,23,30)(H,26,28,29). The van der Waals surface area contributed by atoms with Crippen LogP contribution in [0.2, 0.25) is 0 Å². The van der Waals surface area contributed by atoms with E-state index in [-0.39, 0.29) is 11.6 Å². The van der Waals surface area contributed by atoms with Crippen molar-refractivity contribution in [2.45, 2.75) is 13.5 Å². The SMILES string of the molecule is CCOc1nc(NCc2ccc(F)cc2)nc2ccc(-c3cnc(C(N)=O)nc3)nc12. The monoisotopic (exact) mass is 419 g/mol. The second kappa shape index (κ2) is 8.66. The van der Waals surface area contributed by atoms with Crippen molar-refractivity contribution in [2.24, 2.45) is 5.73 Å². The molecule has 0 aliphatic heterocycles. The van der Waals surface area contributed by atoms with E-state index in [4.69, 9.17) is 10.5 Å². The summed E-state index contributed by atoms with van der Waals surface area (Å²) in [5, 5.41) is 3.12. The smallest absolute Gasteiger partial charge is 0.286 e. The summed E-state index contributed by atoms with van der Waals surface area (Å²) in [5.41, 5.74) is 8.30. The Morgan fingerprint density at radius 2 is 1.81 bits per heavy atom. The molecule has 0 saturated carbocycles. The maximum atomic E-state index is 13.1. The van der Waals surface area contributed by atoms with Crippen molar-refractivity contribution in [2.75, 3.05) is 11.9 Å². The molecule has 3 N–H and O–H groups in total. The topological polar surface area (TPSA) is 129 Å². The normalized spacial score (nSPS) is 10.8. The first-order chi connectivity index (χ1) is 15.0. The first kappa shape index (κ1) is 20.1. The maximum absolute atomic E-state index is 13.1. The highest BCUT2D eigenvalue weighted by Crippen LogP contribution is 2.26. The van der Waals surface area contributed by atoms with Crippen molar-refractivity contribution in [3.05, 3.63) is 66.0 Å². The number of nitrogens with two attached hydrogens (primary N) is 1. The van der Waals surface area contributed by atoms with Crippen LogP contribution in [0.4, 0.5) is 10.3 Å². The Kier molecular flexibility index (Phi) is 5.61. The van der Waals surface area contributed by atoms with Crippen molar-refractivity contribution in [1.29, 1.82) is 0 Å². The average molecular weight is 419 g/mol. The summed E-state index contributed by atoms with van der Waals surface area (Å²) in [5.74, 6) is -0.374. The largest absolute Gasteiger partial charge is 0.476 e. The van der Waals surface area contributed by atoms with Crippen molar-refractivity contribution in [3.63, 3.8) is 0 Å². The number of rotatable bonds is 7. The van der Waals surface area contributed by atoms with Crippen LogP contribution in [0.3, 0.4) is 0 Å². The Balaban J connectivity index is 1.65. The molecule has 156 valence electrons. The average Bonchev–Trinajstić information content (AvgIpc) is 2.79. The molecule has 10 heteroatoms. The van der Waals surface area contributed by atoms with Gasteiger partial charge in [0.15, 0.2) is 5.52 Å². The van der Waals surface area contributed by atoms with Gasteiger partial charge in [0.2, 0.25) is 17.7 Å². The van der Waals surface area contributed by atoms with Gasteiger partial charge in [-0.05, 0) is 36.8 Å². The van der Waals surface area contributed by atoms with Gasteiger partial charge in [-0.3, -0.25) is 4.79 Å². The minimum atomic E-state index is -0.703. The zero-order valence-corrected chi connectivity index (χ0v) is 16.5. The van der Waals surface area contributed by atoms with Gasteiger partial charge in [0.25, 0.3) is 5.91 Å². The Hall–Kier alpha value is -4.21. The Labute approximate surface area is 176 Å². The minimum Gasteiger partial charge on any atom is -0.476 e. The van der Waals surface area contributed by atoms with E-state index in [1.165, 1.54) is 24.5 Å². The fourth-order valence-electron chi connectivity index (χ4n) is 2.84. The lowest BCUT2D eigenvalue weighted by Crippen LogP contribution is -2.14. The number of nitrogens with one attached hydrogen (secondary N) is 1. The molecule has 1 aromatic carbocycles. The summed E-state index contributed by atoms with van der Waals surface area (Å²) >= 11 is 0. The number of amides is 1. The number of halogens is 1. The van der Waals surface area contributed by atoms with Gasteiger partial charge in [0.05, 0.1) is 17.8 Å². The molecule has 0 atom stereocenters. The van der Waals surface area contributed by atoms with Gasteiger partial charge in [0, 0.05) is 24.5 Å². The van der Waals surface area contributed by atoms with Crippen LogP contribution in [0.1, 0.15) is 23.1 Å². The first-order valence-corrected chi connectivity index (χ1v) is 9.45. The van der Waals surface area contributed by atoms with E-state index in [2.05, 4.69) is 30.2 Å². The zero-order chi connectivity index (χ0) is 21.8. The summed E-state index contributed by atoms with van der Waals surface area (Å²) < 4.78 is 18.7. The van der Waals surface area contributed by atoms with Crippen LogP contribution in [0, 0.1) is 5.82 Å². The third-order valence-electron chi connectivity index (χ3n) is 4.32. The number of benzene rings is 1. The van der Waals surface area contributed by atoms with Crippen LogP contribution < -0.4 is 15.8 Å². The molecular formula is C21H18FN7O2. The summed E-state index contributed by atoms with van der Waals surface area (Å²) in [6, 6.07) is 9.72. The van der Waals surface area contributed by atoms with Crippen molar-refractivity contribution in [3.8, 4) is 17.1 Å². The molecule has 0 radical (unpaired) electrons. The lowest BCUT2D eigenvalue weighted by atomic mass is 10.2. The van der Waals surface area contributed by atoms with Crippen LogP contribution in [0.5, 0.6) is 5.88 Å². The lowest BCUT2D eigenvalue weighted by molar-refractivity contribution is 0.0990. The molecule has 31 heavy (non-hydrogen) atoms. The molecule has 0 unspecified atom stereocenters. The lowest BCUT2D eigenvalue weighted by Gasteiger charge is -2.11. The van der Waals surface area contributed by atoms with E-state index in [0.717, 1.165) is 5.56 Å². The third kappa shape index (κ3) is 4.53. The fraction of sp³-hybridized carbons (Fsp3) is 0.143. The number of carbonyl (C=O) groups excluding carboxylic acids is 1. The van der Waals surface area contributed by atoms with Gasteiger partial charge < -0.3 is 15.8 Å². The van der Waals surface area contributed by atoms with Gasteiger partial charge in [0.1, 0.15) is 5.82 Å². The molecule has 0 bridgehead atoms. The van der Waals surface area contributed by atoms with Crippen LogP contribution in [-0.2, 0) is 6.54 Å². The highest BCUT2D eigenvalue weighted by Gasteiger charge is 2.13. The number of hydrogen-bond donors (Lipinski definition) is 2. The minimum absolute atomic E-state index is 0.0697. The fourth-order valence-corrected chi connectivity index (χ4v) is 2.84. The van der Waals surface area contributed by atoms with Crippen molar-refractivity contribution >= 4 is 22.9 Å². The molecule has 0 aliphatic rings. The molecule has 4 aromatic rings. The molecule has 9 nitrogen and oxygen atoms in total. The van der Waals surface area contributed by atoms with Gasteiger partial charge in [-0.25, -0.2) is 24.3 Å². The van der Waals surface area contributed by atoms with Gasteiger partial charge in [-0.2, -0.15) is 4.98 Å². The third-order valence-corrected chi connectivity index (χ3v) is 4.32.